The molecule has 1 saturated carbocycles. The lowest BCUT2D eigenvalue weighted by molar-refractivity contribution is 0.174. The van der Waals surface area contributed by atoms with Crippen LogP contribution in [0.3, 0.4) is 0 Å². The van der Waals surface area contributed by atoms with Gasteiger partial charge in [0, 0.05) is 28.3 Å². The molecule has 5 heteroatoms. The standard InChI is InChI=1S/C16H23NO3S/c1-17-14(10-21(18)9-12-4-2-3-5-12)13-6-7-15-16(8-13)20-11-19-15/h6-8,12,14,17H,2-5,9-11H2,1H3. The van der Waals surface area contributed by atoms with Crippen molar-refractivity contribution in [3.63, 3.8) is 0 Å². The monoisotopic (exact) mass is 309 g/mol. The van der Waals surface area contributed by atoms with Crippen molar-refractivity contribution in [3.05, 3.63) is 23.8 Å². The normalized spacial score (nSPS) is 20.6. The molecule has 0 saturated heterocycles. The second-order valence-electron chi connectivity index (χ2n) is 5.88. The van der Waals surface area contributed by atoms with E-state index in [1.54, 1.807) is 0 Å². The molecule has 2 aliphatic rings. The van der Waals surface area contributed by atoms with E-state index in [4.69, 9.17) is 9.47 Å². The van der Waals surface area contributed by atoms with Crippen LogP contribution in [0, 0.1) is 5.92 Å². The van der Waals surface area contributed by atoms with Gasteiger partial charge in [0.05, 0.1) is 0 Å². The molecule has 21 heavy (non-hydrogen) atoms. The van der Waals surface area contributed by atoms with E-state index in [9.17, 15) is 4.21 Å². The number of benzene rings is 1. The smallest absolute Gasteiger partial charge is 0.231 e. The Morgan fingerprint density at radius 3 is 2.81 bits per heavy atom. The van der Waals surface area contributed by atoms with Crippen molar-refractivity contribution < 1.29 is 13.7 Å². The average molecular weight is 309 g/mol. The minimum atomic E-state index is -0.773. The van der Waals surface area contributed by atoms with E-state index in [-0.39, 0.29) is 12.8 Å². The van der Waals surface area contributed by atoms with Gasteiger partial charge in [0.1, 0.15) is 0 Å². The molecule has 116 valence electrons. The molecule has 0 aromatic heterocycles. The van der Waals surface area contributed by atoms with Crippen LogP contribution in [0.2, 0.25) is 0 Å². The summed E-state index contributed by atoms with van der Waals surface area (Å²) in [6, 6.07) is 6.06. The third kappa shape index (κ3) is 3.58. The zero-order chi connectivity index (χ0) is 14.7. The molecule has 0 radical (unpaired) electrons. The first-order valence-corrected chi connectivity index (χ1v) is 9.17. The molecule has 1 aromatic rings. The molecule has 0 bridgehead atoms. The zero-order valence-corrected chi connectivity index (χ0v) is 13.3. The van der Waals surface area contributed by atoms with Crippen LogP contribution >= 0.6 is 0 Å². The fraction of sp³-hybridized carbons (Fsp3) is 0.625. The van der Waals surface area contributed by atoms with Crippen molar-refractivity contribution >= 4 is 10.8 Å². The van der Waals surface area contributed by atoms with E-state index in [1.165, 1.54) is 25.7 Å². The minimum Gasteiger partial charge on any atom is -0.454 e. The number of ether oxygens (including phenoxy) is 2. The molecule has 1 aliphatic heterocycles. The number of hydrogen-bond acceptors (Lipinski definition) is 4. The Morgan fingerprint density at radius 1 is 1.29 bits per heavy atom. The van der Waals surface area contributed by atoms with Gasteiger partial charge >= 0.3 is 0 Å². The van der Waals surface area contributed by atoms with Gasteiger partial charge in [0.15, 0.2) is 11.5 Å². The van der Waals surface area contributed by atoms with Crippen molar-refractivity contribution in [2.75, 3.05) is 25.3 Å². The Hall–Kier alpha value is -1.07. The highest BCUT2D eigenvalue weighted by atomic mass is 32.2. The number of rotatable bonds is 6. The molecule has 1 fully saturated rings. The van der Waals surface area contributed by atoms with Crippen LogP contribution in [-0.4, -0.2) is 29.6 Å². The zero-order valence-electron chi connectivity index (χ0n) is 12.5. The third-order valence-electron chi connectivity index (χ3n) is 4.40. The first kappa shape index (κ1) is 14.9. The van der Waals surface area contributed by atoms with Gasteiger partial charge in [0.25, 0.3) is 0 Å². The van der Waals surface area contributed by atoms with E-state index in [1.807, 2.05) is 25.2 Å². The molecule has 2 atom stereocenters. The molecule has 1 heterocycles. The van der Waals surface area contributed by atoms with Gasteiger partial charge in [0.2, 0.25) is 6.79 Å². The Morgan fingerprint density at radius 2 is 2.05 bits per heavy atom. The first-order valence-electron chi connectivity index (χ1n) is 7.68. The maximum absolute atomic E-state index is 12.4. The van der Waals surface area contributed by atoms with Crippen molar-refractivity contribution in [2.24, 2.45) is 5.92 Å². The lowest BCUT2D eigenvalue weighted by Gasteiger charge is -2.18. The molecule has 4 nitrogen and oxygen atoms in total. The molecule has 1 N–H and O–H groups in total. The van der Waals surface area contributed by atoms with E-state index >= 15 is 0 Å². The summed E-state index contributed by atoms with van der Waals surface area (Å²) in [5.74, 6) is 3.75. The van der Waals surface area contributed by atoms with Crippen LogP contribution in [0.4, 0.5) is 0 Å². The molecule has 3 rings (SSSR count). The van der Waals surface area contributed by atoms with Crippen LogP contribution in [0.5, 0.6) is 11.5 Å². The molecule has 0 spiro atoms. The van der Waals surface area contributed by atoms with Gasteiger partial charge in [-0.25, -0.2) is 0 Å². The average Bonchev–Trinajstić information content (AvgIpc) is 3.14. The summed E-state index contributed by atoms with van der Waals surface area (Å²) in [7, 11) is 1.15. The van der Waals surface area contributed by atoms with Crippen LogP contribution < -0.4 is 14.8 Å². The van der Waals surface area contributed by atoms with Gasteiger partial charge in [-0.15, -0.1) is 0 Å². The second kappa shape index (κ2) is 6.79. The van der Waals surface area contributed by atoms with Gasteiger partial charge in [-0.2, -0.15) is 0 Å². The predicted molar refractivity (Wildman–Crippen MR) is 84.2 cm³/mol. The molecule has 1 aliphatic carbocycles. The maximum Gasteiger partial charge on any atom is 0.231 e. The highest BCUT2D eigenvalue weighted by Crippen LogP contribution is 2.34. The predicted octanol–water partition coefficient (Wildman–Crippen LogP) is 2.61. The summed E-state index contributed by atoms with van der Waals surface area (Å²) in [5.41, 5.74) is 1.11. The fourth-order valence-electron chi connectivity index (χ4n) is 3.17. The fourth-order valence-corrected chi connectivity index (χ4v) is 4.90. The van der Waals surface area contributed by atoms with Crippen molar-refractivity contribution in [1.82, 2.24) is 5.32 Å². The van der Waals surface area contributed by atoms with Gasteiger partial charge in [-0.1, -0.05) is 18.9 Å². The first-order chi connectivity index (χ1) is 10.3. The van der Waals surface area contributed by atoms with E-state index in [0.29, 0.717) is 11.7 Å². The quantitative estimate of drug-likeness (QED) is 0.877. The van der Waals surface area contributed by atoms with Crippen LogP contribution in [0.1, 0.15) is 37.3 Å². The van der Waals surface area contributed by atoms with E-state index in [0.717, 1.165) is 22.8 Å². The lowest BCUT2D eigenvalue weighted by atomic mass is 10.1. The summed E-state index contributed by atoms with van der Waals surface area (Å²) < 4.78 is 23.1. The van der Waals surface area contributed by atoms with Crippen molar-refractivity contribution in [1.29, 1.82) is 0 Å². The topological polar surface area (TPSA) is 47.6 Å². The highest BCUT2D eigenvalue weighted by molar-refractivity contribution is 7.85. The molecule has 1 aromatic carbocycles. The Kier molecular flexibility index (Phi) is 4.80. The number of hydrogen-bond donors (Lipinski definition) is 1. The highest BCUT2D eigenvalue weighted by Gasteiger charge is 2.22. The summed E-state index contributed by atoms with van der Waals surface area (Å²) in [6.07, 6.45) is 5.11. The molecule has 0 amide bonds. The van der Waals surface area contributed by atoms with E-state index in [2.05, 4.69) is 5.32 Å². The SMILES string of the molecule is CNC(CS(=O)CC1CCCC1)c1ccc2c(c1)OCO2. The Balaban J connectivity index is 1.62. The van der Waals surface area contributed by atoms with Crippen molar-refractivity contribution in [3.8, 4) is 11.5 Å². The second-order valence-corrected chi connectivity index (χ2v) is 7.42. The number of nitrogens with one attached hydrogen (secondary N) is 1. The van der Waals surface area contributed by atoms with Gasteiger partial charge < -0.3 is 14.8 Å². The van der Waals surface area contributed by atoms with Crippen molar-refractivity contribution in [2.45, 2.75) is 31.7 Å². The van der Waals surface area contributed by atoms with Crippen LogP contribution in [-0.2, 0) is 10.8 Å². The largest absolute Gasteiger partial charge is 0.454 e. The van der Waals surface area contributed by atoms with E-state index < -0.39 is 10.8 Å². The summed E-state index contributed by atoms with van der Waals surface area (Å²) in [5, 5.41) is 3.28. The summed E-state index contributed by atoms with van der Waals surface area (Å²) >= 11 is 0. The maximum atomic E-state index is 12.4. The third-order valence-corrected chi connectivity index (χ3v) is 5.94. The van der Waals surface area contributed by atoms with Crippen LogP contribution in [0.15, 0.2) is 18.2 Å². The summed E-state index contributed by atoms with van der Waals surface area (Å²) in [4.78, 5) is 0. The molecule has 2 unspecified atom stereocenters. The summed E-state index contributed by atoms with van der Waals surface area (Å²) in [6.45, 7) is 0.288. The minimum absolute atomic E-state index is 0.0988. The number of fused-ring (bicyclic) bond motifs is 1. The van der Waals surface area contributed by atoms with Crippen LogP contribution in [0.25, 0.3) is 0 Å². The lowest BCUT2D eigenvalue weighted by Crippen LogP contribution is -2.25. The molecular formula is C16H23NO3S. The Bertz CT molecular complexity index is 514. The van der Waals surface area contributed by atoms with Gasteiger partial charge in [-0.3, -0.25) is 4.21 Å². The molecular weight excluding hydrogens is 286 g/mol. The van der Waals surface area contributed by atoms with Gasteiger partial charge in [-0.05, 0) is 43.5 Å². The Labute approximate surface area is 128 Å².